The van der Waals surface area contributed by atoms with Crippen molar-refractivity contribution in [2.24, 2.45) is 0 Å². The molecular formula is C12H13N3O5. The van der Waals surface area contributed by atoms with E-state index in [1.54, 1.807) is 26.8 Å². The van der Waals surface area contributed by atoms with Crippen molar-refractivity contribution in [2.75, 3.05) is 11.9 Å². The molecule has 0 aliphatic carbocycles. The standard InChI is InChI=1S/C12H13N3O5/c1-6-4-9(15-19-6)13-10(16)5-18-12(17)11-7(2)14-20-8(11)3/h4H,5H2,1-3H3,(H,13,15,16). The lowest BCUT2D eigenvalue weighted by Gasteiger charge is -2.03. The molecule has 8 nitrogen and oxygen atoms in total. The van der Waals surface area contributed by atoms with Crippen LogP contribution in [0, 0.1) is 20.8 Å². The van der Waals surface area contributed by atoms with Gasteiger partial charge < -0.3 is 19.1 Å². The molecule has 0 aromatic carbocycles. The number of esters is 1. The Kier molecular flexibility index (Phi) is 3.83. The number of carbonyl (C=O) groups excluding carboxylic acids is 2. The number of hydrogen-bond acceptors (Lipinski definition) is 7. The first-order chi connectivity index (χ1) is 9.47. The molecule has 8 heteroatoms. The van der Waals surface area contributed by atoms with Crippen molar-refractivity contribution in [2.45, 2.75) is 20.8 Å². The molecular weight excluding hydrogens is 266 g/mol. The highest BCUT2D eigenvalue weighted by Gasteiger charge is 2.20. The molecule has 2 heterocycles. The normalized spacial score (nSPS) is 10.3. The summed E-state index contributed by atoms with van der Waals surface area (Å²) >= 11 is 0. The lowest BCUT2D eigenvalue weighted by molar-refractivity contribution is -0.119. The summed E-state index contributed by atoms with van der Waals surface area (Å²) in [6.45, 7) is 4.47. The number of aromatic nitrogens is 2. The molecule has 0 radical (unpaired) electrons. The summed E-state index contributed by atoms with van der Waals surface area (Å²) in [5.41, 5.74) is 0.648. The van der Waals surface area contributed by atoms with Crippen LogP contribution in [0.4, 0.5) is 5.82 Å². The van der Waals surface area contributed by atoms with E-state index in [2.05, 4.69) is 15.6 Å². The summed E-state index contributed by atoms with van der Waals surface area (Å²) < 4.78 is 14.5. The second-order valence-electron chi connectivity index (χ2n) is 4.15. The van der Waals surface area contributed by atoms with Crippen LogP contribution in [0.3, 0.4) is 0 Å². The van der Waals surface area contributed by atoms with E-state index in [1.807, 2.05) is 0 Å². The van der Waals surface area contributed by atoms with Gasteiger partial charge in [-0.15, -0.1) is 0 Å². The van der Waals surface area contributed by atoms with Crippen molar-refractivity contribution in [3.8, 4) is 0 Å². The van der Waals surface area contributed by atoms with Crippen LogP contribution in [0.15, 0.2) is 15.1 Å². The van der Waals surface area contributed by atoms with Crippen LogP contribution >= 0.6 is 0 Å². The average Bonchev–Trinajstić information content (AvgIpc) is 2.93. The minimum atomic E-state index is -0.660. The lowest BCUT2D eigenvalue weighted by Crippen LogP contribution is -2.21. The summed E-state index contributed by atoms with van der Waals surface area (Å²) in [7, 11) is 0. The molecule has 0 saturated heterocycles. The van der Waals surface area contributed by atoms with Crippen molar-refractivity contribution in [3.05, 3.63) is 28.8 Å². The molecule has 2 aromatic heterocycles. The molecule has 0 aliphatic heterocycles. The molecule has 106 valence electrons. The van der Waals surface area contributed by atoms with Gasteiger partial charge in [-0.25, -0.2) is 4.79 Å². The van der Waals surface area contributed by atoms with E-state index >= 15 is 0 Å². The van der Waals surface area contributed by atoms with E-state index in [9.17, 15) is 9.59 Å². The molecule has 0 atom stereocenters. The van der Waals surface area contributed by atoms with Crippen molar-refractivity contribution in [1.82, 2.24) is 10.3 Å². The molecule has 0 fully saturated rings. The summed E-state index contributed by atoms with van der Waals surface area (Å²) in [4.78, 5) is 23.3. The highest BCUT2D eigenvalue weighted by molar-refractivity contribution is 5.95. The predicted molar refractivity (Wildman–Crippen MR) is 66.1 cm³/mol. The highest BCUT2D eigenvalue weighted by atomic mass is 16.5. The Morgan fingerprint density at radius 3 is 2.55 bits per heavy atom. The van der Waals surface area contributed by atoms with Crippen molar-refractivity contribution < 1.29 is 23.4 Å². The van der Waals surface area contributed by atoms with Crippen LogP contribution in [0.1, 0.15) is 27.6 Å². The fraction of sp³-hybridized carbons (Fsp3) is 0.333. The molecule has 0 unspecified atom stereocenters. The van der Waals surface area contributed by atoms with Gasteiger partial charge in [-0.2, -0.15) is 0 Å². The van der Waals surface area contributed by atoms with Gasteiger partial charge in [0.1, 0.15) is 17.1 Å². The molecule has 0 bridgehead atoms. The fourth-order valence-electron chi connectivity index (χ4n) is 1.58. The van der Waals surface area contributed by atoms with Gasteiger partial charge in [0.05, 0.1) is 5.69 Å². The Bertz CT molecular complexity index is 624. The third kappa shape index (κ3) is 3.02. The van der Waals surface area contributed by atoms with Gasteiger partial charge in [0.15, 0.2) is 12.4 Å². The fourth-order valence-corrected chi connectivity index (χ4v) is 1.58. The van der Waals surface area contributed by atoms with Crippen molar-refractivity contribution in [3.63, 3.8) is 0 Å². The second kappa shape index (κ2) is 5.55. The average molecular weight is 279 g/mol. The topological polar surface area (TPSA) is 107 Å². The van der Waals surface area contributed by atoms with E-state index < -0.39 is 18.5 Å². The van der Waals surface area contributed by atoms with Crippen LogP contribution in [-0.4, -0.2) is 28.8 Å². The zero-order valence-electron chi connectivity index (χ0n) is 11.2. The summed E-state index contributed by atoms with van der Waals surface area (Å²) in [5.74, 6) is 0.0000755. The Balaban J connectivity index is 1.89. The first-order valence-electron chi connectivity index (χ1n) is 5.80. The smallest absolute Gasteiger partial charge is 0.344 e. The zero-order valence-corrected chi connectivity index (χ0v) is 11.2. The third-order valence-corrected chi connectivity index (χ3v) is 2.47. The van der Waals surface area contributed by atoms with E-state index in [0.717, 1.165) is 0 Å². The van der Waals surface area contributed by atoms with E-state index in [0.29, 0.717) is 17.2 Å². The molecule has 0 spiro atoms. The van der Waals surface area contributed by atoms with Gasteiger partial charge in [-0.05, 0) is 20.8 Å². The molecule has 2 rings (SSSR count). The van der Waals surface area contributed by atoms with Crippen LogP contribution in [0.5, 0.6) is 0 Å². The largest absolute Gasteiger partial charge is 0.452 e. The molecule has 0 aliphatic rings. The van der Waals surface area contributed by atoms with Gasteiger partial charge >= 0.3 is 5.97 Å². The highest BCUT2D eigenvalue weighted by Crippen LogP contribution is 2.13. The minimum absolute atomic E-state index is 0.232. The Hall–Kier alpha value is -2.64. The number of hydrogen-bond donors (Lipinski definition) is 1. The second-order valence-corrected chi connectivity index (χ2v) is 4.15. The van der Waals surface area contributed by atoms with Gasteiger partial charge in [0.2, 0.25) is 0 Å². The number of amides is 1. The SMILES string of the molecule is Cc1cc(NC(=O)COC(=O)c2c(C)noc2C)no1. The van der Waals surface area contributed by atoms with Gasteiger partial charge in [-0.3, -0.25) is 4.79 Å². The minimum Gasteiger partial charge on any atom is -0.452 e. The molecule has 1 amide bonds. The maximum Gasteiger partial charge on any atom is 0.344 e. The molecule has 1 N–H and O–H groups in total. The number of nitrogens with one attached hydrogen (secondary N) is 1. The summed E-state index contributed by atoms with van der Waals surface area (Å²) in [6, 6.07) is 1.55. The van der Waals surface area contributed by atoms with E-state index in [1.165, 1.54) is 0 Å². The Morgan fingerprint density at radius 2 is 2.00 bits per heavy atom. The number of aryl methyl sites for hydroxylation is 3. The quantitative estimate of drug-likeness (QED) is 0.842. The monoisotopic (exact) mass is 279 g/mol. The van der Waals surface area contributed by atoms with Crippen LogP contribution in [0.2, 0.25) is 0 Å². The van der Waals surface area contributed by atoms with Gasteiger partial charge in [0.25, 0.3) is 5.91 Å². The van der Waals surface area contributed by atoms with Gasteiger partial charge in [0, 0.05) is 6.07 Å². The number of rotatable bonds is 4. The maximum absolute atomic E-state index is 11.8. The molecule has 2 aromatic rings. The van der Waals surface area contributed by atoms with Gasteiger partial charge in [-0.1, -0.05) is 10.3 Å². The number of ether oxygens (including phenoxy) is 1. The lowest BCUT2D eigenvalue weighted by atomic mass is 10.2. The molecule has 20 heavy (non-hydrogen) atoms. The number of carbonyl (C=O) groups is 2. The summed E-state index contributed by atoms with van der Waals surface area (Å²) in [5, 5.41) is 9.66. The van der Waals surface area contributed by atoms with Crippen molar-refractivity contribution >= 4 is 17.7 Å². The number of anilines is 1. The van der Waals surface area contributed by atoms with Crippen LogP contribution in [0.25, 0.3) is 0 Å². The summed E-state index contributed by atoms with van der Waals surface area (Å²) in [6.07, 6.45) is 0. The van der Waals surface area contributed by atoms with Crippen molar-refractivity contribution in [1.29, 1.82) is 0 Å². The van der Waals surface area contributed by atoms with E-state index in [4.69, 9.17) is 13.8 Å². The Labute approximate surface area is 114 Å². The number of nitrogens with zero attached hydrogens (tertiary/aromatic N) is 2. The first-order valence-corrected chi connectivity index (χ1v) is 5.80. The van der Waals surface area contributed by atoms with Crippen LogP contribution < -0.4 is 5.32 Å². The van der Waals surface area contributed by atoms with Crippen LogP contribution in [-0.2, 0) is 9.53 Å². The Morgan fingerprint density at radius 1 is 1.25 bits per heavy atom. The molecule has 0 saturated carbocycles. The zero-order chi connectivity index (χ0) is 14.7. The predicted octanol–water partition coefficient (Wildman–Crippen LogP) is 1.38. The third-order valence-electron chi connectivity index (χ3n) is 2.47. The first kappa shape index (κ1) is 13.8. The maximum atomic E-state index is 11.8. The van der Waals surface area contributed by atoms with E-state index in [-0.39, 0.29) is 11.4 Å².